The van der Waals surface area contributed by atoms with Gasteiger partial charge < -0.3 is 14.8 Å². The number of halogens is 1. The van der Waals surface area contributed by atoms with Gasteiger partial charge in [0.25, 0.3) is 0 Å². The lowest BCUT2D eigenvalue weighted by molar-refractivity contribution is 0.168. The largest absolute Gasteiger partial charge is 0.486 e. The minimum absolute atomic E-state index is 0. The van der Waals surface area contributed by atoms with Gasteiger partial charge in [-0.2, -0.15) is 0 Å². The van der Waals surface area contributed by atoms with Crippen molar-refractivity contribution in [1.29, 1.82) is 0 Å². The molecule has 1 aromatic carbocycles. The zero-order valence-electron chi connectivity index (χ0n) is 13.5. The first-order valence-electron chi connectivity index (χ1n) is 8.44. The average Bonchev–Trinajstić information content (AvgIpc) is 3.04. The van der Waals surface area contributed by atoms with Crippen LogP contribution in [0.5, 0.6) is 11.5 Å². The molecule has 0 spiro atoms. The minimum Gasteiger partial charge on any atom is -0.486 e. The summed E-state index contributed by atoms with van der Waals surface area (Å²) in [7, 11) is 0. The van der Waals surface area contributed by atoms with Crippen molar-refractivity contribution in [2.24, 2.45) is 0 Å². The number of fused-ring (bicyclic) bond motifs is 1. The normalized spacial score (nSPS) is 25.1. The van der Waals surface area contributed by atoms with Gasteiger partial charge in [0.1, 0.15) is 13.2 Å². The van der Waals surface area contributed by atoms with Crippen molar-refractivity contribution in [3.8, 4) is 11.5 Å². The smallest absolute Gasteiger partial charge is 0.161 e. The summed E-state index contributed by atoms with van der Waals surface area (Å²) in [5, 5.41) is 3.44. The number of ether oxygens (including phenoxy) is 2. The van der Waals surface area contributed by atoms with E-state index >= 15 is 0 Å². The summed E-state index contributed by atoms with van der Waals surface area (Å²) in [4.78, 5) is 5.22. The third-order valence-corrected chi connectivity index (χ3v) is 4.93. The fourth-order valence-electron chi connectivity index (χ4n) is 3.75. The topological polar surface area (TPSA) is 37.0 Å². The zero-order chi connectivity index (χ0) is 14.8. The van der Waals surface area contributed by atoms with E-state index in [0.717, 1.165) is 37.2 Å². The number of rotatable bonds is 3. The molecule has 3 aliphatic heterocycles. The molecule has 0 bridgehead atoms. The maximum atomic E-state index is 5.69. The van der Waals surface area contributed by atoms with Crippen LogP contribution in [-0.2, 0) is 6.54 Å². The van der Waals surface area contributed by atoms with E-state index in [-0.39, 0.29) is 12.4 Å². The van der Waals surface area contributed by atoms with E-state index in [0.29, 0.717) is 13.2 Å². The van der Waals surface area contributed by atoms with Crippen LogP contribution in [0.25, 0.3) is 0 Å². The zero-order valence-corrected chi connectivity index (χ0v) is 14.3. The molecule has 1 N–H and O–H groups in total. The van der Waals surface area contributed by atoms with Gasteiger partial charge in [-0.1, -0.05) is 6.07 Å². The highest BCUT2D eigenvalue weighted by molar-refractivity contribution is 5.85. The second-order valence-electron chi connectivity index (χ2n) is 6.44. The minimum atomic E-state index is 0. The molecule has 2 fully saturated rings. The van der Waals surface area contributed by atoms with Crippen molar-refractivity contribution in [2.75, 3.05) is 52.5 Å². The standard InChI is InChI=1S/C17H25N3O2.ClH/c1-2-16-17(22-10-9-21-16)11-14(1)12-19-6-3-15(13-19)20-7-4-18-5-8-20;/h1-2,11,15,18H,3-10,12-13H2;1H. The lowest BCUT2D eigenvalue weighted by Gasteiger charge is -2.32. The number of hydrogen-bond acceptors (Lipinski definition) is 5. The molecule has 0 aliphatic carbocycles. The van der Waals surface area contributed by atoms with Crippen LogP contribution in [0.2, 0.25) is 0 Å². The first-order valence-corrected chi connectivity index (χ1v) is 8.44. The molecule has 6 heteroatoms. The van der Waals surface area contributed by atoms with Crippen LogP contribution in [-0.4, -0.2) is 68.3 Å². The van der Waals surface area contributed by atoms with Crippen LogP contribution in [0.1, 0.15) is 12.0 Å². The molecular formula is C17H26ClN3O2. The van der Waals surface area contributed by atoms with Gasteiger partial charge in [0.05, 0.1) is 0 Å². The maximum Gasteiger partial charge on any atom is 0.161 e. The van der Waals surface area contributed by atoms with Crippen LogP contribution >= 0.6 is 12.4 Å². The van der Waals surface area contributed by atoms with Crippen LogP contribution in [0.3, 0.4) is 0 Å². The van der Waals surface area contributed by atoms with Gasteiger partial charge in [-0.3, -0.25) is 9.80 Å². The van der Waals surface area contributed by atoms with Gasteiger partial charge in [0, 0.05) is 51.9 Å². The third kappa shape index (κ3) is 3.91. The molecule has 0 amide bonds. The Hall–Kier alpha value is -1.01. The number of piperazine rings is 1. The number of nitrogens with zero attached hydrogens (tertiary/aromatic N) is 2. The predicted octanol–water partition coefficient (Wildman–Crippen LogP) is 1.36. The summed E-state index contributed by atoms with van der Waals surface area (Å²) in [5.41, 5.74) is 1.32. The van der Waals surface area contributed by atoms with Crippen molar-refractivity contribution in [3.05, 3.63) is 23.8 Å². The SMILES string of the molecule is Cl.c1cc2c(cc1CN1CCC(N3CCNCC3)C1)OCCO2. The van der Waals surface area contributed by atoms with E-state index in [4.69, 9.17) is 9.47 Å². The van der Waals surface area contributed by atoms with Crippen molar-refractivity contribution in [3.63, 3.8) is 0 Å². The predicted molar refractivity (Wildman–Crippen MR) is 92.8 cm³/mol. The molecule has 1 unspecified atom stereocenters. The van der Waals surface area contributed by atoms with E-state index in [9.17, 15) is 0 Å². The fraction of sp³-hybridized carbons (Fsp3) is 0.647. The Balaban J connectivity index is 0.00000156. The Bertz CT molecular complexity index is 523. The van der Waals surface area contributed by atoms with Crippen LogP contribution in [0.4, 0.5) is 0 Å². The van der Waals surface area contributed by atoms with Gasteiger partial charge >= 0.3 is 0 Å². The maximum absolute atomic E-state index is 5.69. The van der Waals surface area contributed by atoms with E-state index in [1.807, 2.05) is 6.07 Å². The lowest BCUT2D eigenvalue weighted by Crippen LogP contribution is -2.49. The van der Waals surface area contributed by atoms with Crippen molar-refractivity contribution in [2.45, 2.75) is 19.0 Å². The first-order chi connectivity index (χ1) is 10.9. The Morgan fingerprint density at radius 2 is 1.83 bits per heavy atom. The molecule has 5 nitrogen and oxygen atoms in total. The molecule has 0 radical (unpaired) electrons. The van der Waals surface area contributed by atoms with E-state index in [1.54, 1.807) is 0 Å². The van der Waals surface area contributed by atoms with Gasteiger partial charge in [0.15, 0.2) is 11.5 Å². The Kier molecular flexibility index (Phi) is 5.64. The molecule has 23 heavy (non-hydrogen) atoms. The van der Waals surface area contributed by atoms with Gasteiger partial charge in [-0.05, 0) is 24.1 Å². The Morgan fingerprint density at radius 3 is 2.65 bits per heavy atom. The first kappa shape index (κ1) is 16.8. The highest BCUT2D eigenvalue weighted by atomic mass is 35.5. The van der Waals surface area contributed by atoms with Crippen LogP contribution < -0.4 is 14.8 Å². The molecule has 2 saturated heterocycles. The van der Waals surface area contributed by atoms with Crippen LogP contribution in [0, 0.1) is 0 Å². The molecule has 3 aliphatic rings. The fourth-order valence-corrected chi connectivity index (χ4v) is 3.75. The van der Waals surface area contributed by atoms with Gasteiger partial charge in [-0.15, -0.1) is 12.4 Å². The molecule has 3 heterocycles. The van der Waals surface area contributed by atoms with E-state index in [1.165, 1.54) is 38.2 Å². The molecule has 4 rings (SSSR count). The molecule has 128 valence electrons. The summed E-state index contributed by atoms with van der Waals surface area (Å²) in [5.74, 6) is 1.79. The highest BCUT2D eigenvalue weighted by Crippen LogP contribution is 2.31. The highest BCUT2D eigenvalue weighted by Gasteiger charge is 2.28. The number of benzene rings is 1. The lowest BCUT2D eigenvalue weighted by atomic mass is 10.2. The molecule has 0 saturated carbocycles. The second-order valence-corrected chi connectivity index (χ2v) is 6.44. The van der Waals surface area contributed by atoms with Crippen molar-refractivity contribution < 1.29 is 9.47 Å². The summed E-state index contributed by atoms with van der Waals surface area (Å²) < 4.78 is 11.3. The van der Waals surface area contributed by atoms with Gasteiger partial charge in [0.2, 0.25) is 0 Å². The quantitative estimate of drug-likeness (QED) is 0.900. The number of nitrogens with one attached hydrogen (secondary N) is 1. The number of likely N-dealkylation sites (tertiary alicyclic amines) is 1. The monoisotopic (exact) mass is 339 g/mol. The van der Waals surface area contributed by atoms with Crippen LogP contribution in [0.15, 0.2) is 18.2 Å². The molecular weight excluding hydrogens is 314 g/mol. The molecule has 1 atom stereocenters. The summed E-state index contributed by atoms with van der Waals surface area (Å²) in [6, 6.07) is 7.10. The summed E-state index contributed by atoms with van der Waals surface area (Å²) >= 11 is 0. The molecule has 1 aromatic rings. The second kappa shape index (κ2) is 7.71. The van der Waals surface area contributed by atoms with E-state index < -0.39 is 0 Å². The van der Waals surface area contributed by atoms with Crippen molar-refractivity contribution >= 4 is 12.4 Å². The third-order valence-electron chi connectivity index (χ3n) is 4.93. The summed E-state index contributed by atoms with van der Waals surface area (Å²) in [6.45, 7) is 9.38. The summed E-state index contributed by atoms with van der Waals surface area (Å²) in [6.07, 6.45) is 1.30. The Labute approximate surface area is 144 Å². The average molecular weight is 340 g/mol. The van der Waals surface area contributed by atoms with Gasteiger partial charge in [-0.25, -0.2) is 0 Å². The van der Waals surface area contributed by atoms with Crippen molar-refractivity contribution in [1.82, 2.24) is 15.1 Å². The molecule has 0 aromatic heterocycles. The Morgan fingerprint density at radius 1 is 1.04 bits per heavy atom. The number of hydrogen-bond donors (Lipinski definition) is 1. The van der Waals surface area contributed by atoms with E-state index in [2.05, 4.69) is 27.2 Å².